The Morgan fingerprint density at radius 2 is 1.91 bits per heavy atom. The zero-order valence-electron chi connectivity index (χ0n) is 18.9. The topological polar surface area (TPSA) is 99.1 Å². The van der Waals surface area contributed by atoms with Crippen LogP contribution < -0.4 is 9.47 Å². The summed E-state index contributed by atoms with van der Waals surface area (Å²) in [5.74, 6) is 0.369. The van der Waals surface area contributed by atoms with Gasteiger partial charge in [0, 0.05) is 24.3 Å². The summed E-state index contributed by atoms with van der Waals surface area (Å²) >= 11 is 0. The Morgan fingerprint density at radius 3 is 2.65 bits per heavy atom. The Bertz CT molecular complexity index is 1320. The van der Waals surface area contributed by atoms with Gasteiger partial charge in [-0.15, -0.1) is 0 Å². The molecule has 0 aromatic heterocycles. The molecule has 2 aromatic carbocycles. The zero-order valence-corrected chi connectivity index (χ0v) is 19.7. The summed E-state index contributed by atoms with van der Waals surface area (Å²) in [6.45, 7) is 0.875. The molecule has 2 aromatic rings. The van der Waals surface area contributed by atoms with Crippen LogP contribution in [0.4, 0.5) is 0 Å². The first-order chi connectivity index (χ1) is 16.1. The predicted molar refractivity (Wildman–Crippen MR) is 122 cm³/mol. The number of rotatable bonds is 4. The minimum absolute atomic E-state index is 0.0938. The highest BCUT2D eigenvalue weighted by Crippen LogP contribution is 2.63. The van der Waals surface area contributed by atoms with Crippen LogP contribution in [0.15, 0.2) is 54.6 Å². The molecule has 2 bridgehead atoms. The number of nitrogens with zero attached hydrogens (tertiary/aromatic N) is 1. The van der Waals surface area contributed by atoms with Crippen molar-refractivity contribution in [2.75, 3.05) is 20.6 Å². The molecule has 1 saturated heterocycles. The number of benzene rings is 2. The minimum Gasteiger partial charge on any atom is -0.482 e. The van der Waals surface area contributed by atoms with Gasteiger partial charge in [-0.1, -0.05) is 36.4 Å². The summed E-state index contributed by atoms with van der Waals surface area (Å²) in [7, 11) is -0.256. The quantitative estimate of drug-likeness (QED) is 0.234. The lowest BCUT2D eigenvalue weighted by Crippen LogP contribution is -2.70. The Hall–Kier alpha value is -2.72. The van der Waals surface area contributed by atoms with Crippen LogP contribution in [0.5, 0.6) is 11.5 Å². The molecule has 34 heavy (non-hydrogen) atoms. The first-order valence-electron chi connectivity index (χ1n) is 11.4. The molecule has 0 saturated carbocycles. The highest BCUT2D eigenvalue weighted by Gasteiger charge is 2.68. The SMILES string of the molecule is C[N+]1(C)CC[C@]23c4c5ccc(OC(=O)c6ccccc6)c4O[C@H]2[C@@H](OS(=O)(=O)O)C=C[C@H]3[C@H]1C5. The first kappa shape index (κ1) is 21.8. The van der Waals surface area contributed by atoms with E-state index in [2.05, 4.69) is 14.1 Å². The Morgan fingerprint density at radius 1 is 1.15 bits per heavy atom. The zero-order chi connectivity index (χ0) is 23.9. The predicted octanol–water partition coefficient (Wildman–Crippen LogP) is 2.68. The van der Waals surface area contributed by atoms with Gasteiger partial charge in [0.25, 0.3) is 0 Å². The molecule has 0 radical (unpaired) electrons. The molecule has 6 rings (SSSR count). The van der Waals surface area contributed by atoms with E-state index in [1.165, 1.54) is 0 Å². The largest absolute Gasteiger partial charge is 0.482 e. The molecule has 4 aliphatic rings. The van der Waals surface area contributed by atoms with Gasteiger partial charge < -0.3 is 14.0 Å². The fourth-order valence-corrected chi connectivity index (χ4v) is 7.06. The Balaban J connectivity index is 1.48. The lowest BCUT2D eigenvalue weighted by Gasteiger charge is -2.58. The second kappa shape index (κ2) is 7.14. The van der Waals surface area contributed by atoms with E-state index in [1.54, 1.807) is 36.4 Å². The number of hydrogen-bond donors (Lipinski definition) is 1. The third kappa shape index (κ3) is 3.07. The Kier molecular flexibility index (Phi) is 4.58. The van der Waals surface area contributed by atoms with Gasteiger partial charge >= 0.3 is 16.4 Å². The molecule has 178 valence electrons. The van der Waals surface area contributed by atoms with Crippen molar-refractivity contribution in [3.63, 3.8) is 0 Å². The molecule has 1 spiro atoms. The van der Waals surface area contributed by atoms with Crippen LogP contribution in [-0.2, 0) is 26.4 Å². The average Bonchev–Trinajstić information content (AvgIpc) is 3.14. The van der Waals surface area contributed by atoms with Crippen LogP contribution in [0, 0.1) is 5.92 Å². The standard InChI is InChI=1S/C25H25NO7S/c1-26(2)13-12-25-17-9-11-20(33-34(28,29)30)23(25)32-22-19(10-8-16(21(22)25)14-18(17)26)31-24(27)15-6-4-3-5-7-15/h3-11,17-18,20,23H,12-14H2,1-2H3/p+1/t17-,18+,20-,23-,25-/m0/s1. The second-order valence-corrected chi connectivity index (χ2v) is 11.2. The number of piperidine rings is 1. The van der Waals surface area contributed by atoms with Crippen LogP contribution in [-0.4, -0.2) is 62.3 Å². The molecule has 0 unspecified atom stereocenters. The van der Waals surface area contributed by atoms with Gasteiger partial charge in [-0.2, -0.15) is 8.42 Å². The van der Waals surface area contributed by atoms with Gasteiger partial charge in [0.2, 0.25) is 0 Å². The average molecular weight is 485 g/mol. The summed E-state index contributed by atoms with van der Waals surface area (Å²) in [6.07, 6.45) is 3.64. The second-order valence-electron chi connectivity index (χ2n) is 10.2. The number of hydrogen-bond acceptors (Lipinski definition) is 6. The normalized spacial score (nSPS) is 32.0. The van der Waals surface area contributed by atoms with Crippen molar-refractivity contribution in [2.45, 2.75) is 36.5 Å². The van der Waals surface area contributed by atoms with Crippen molar-refractivity contribution in [1.82, 2.24) is 0 Å². The summed E-state index contributed by atoms with van der Waals surface area (Å²) < 4.78 is 50.8. The van der Waals surface area contributed by atoms with Crippen molar-refractivity contribution in [2.24, 2.45) is 5.92 Å². The molecular formula is C25H26NO7S+. The van der Waals surface area contributed by atoms with Crippen molar-refractivity contribution in [3.8, 4) is 11.5 Å². The van der Waals surface area contributed by atoms with Crippen molar-refractivity contribution in [3.05, 3.63) is 71.3 Å². The van der Waals surface area contributed by atoms with Crippen LogP contribution in [0.25, 0.3) is 0 Å². The van der Waals surface area contributed by atoms with E-state index in [0.29, 0.717) is 17.1 Å². The summed E-state index contributed by atoms with van der Waals surface area (Å²) in [4.78, 5) is 12.8. The van der Waals surface area contributed by atoms with Crippen molar-refractivity contribution >= 4 is 16.4 Å². The van der Waals surface area contributed by atoms with E-state index >= 15 is 0 Å². The van der Waals surface area contributed by atoms with E-state index in [0.717, 1.165) is 35.0 Å². The molecular weight excluding hydrogens is 458 g/mol. The number of carbonyl (C=O) groups is 1. The third-order valence-electron chi connectivity index (χ3n) is 8.12. The number of esters is 1. The highest BCUT2D eigenvalue weighted by atomic mass is 32.3. The fourth-order valence-electron chi connectivity index (χ4n) is 6.61. The maximum atomic E-state index is 12.8. The molecule has 5 atom stereocenters. The van der Waals surface area contributed by atoms with Crippen LogP contribution >= 0.6 is 0 Å². The smallest absolute Gasteiger partial charge is 0.398 e. The summed E-state index contributed by atoms with van der Waals surface area (Å²) in [6, 6.07) is 12.7. The molecule has 8 nitrogen and oxygen atoms in total. The summed E-state index contributed by atoms with van der Waals surface area (Å²) in [5.41, 5.74) is 1.99. The van der Waals surface area contributed by atoms with Crippen LogP contribution in [0.1, 0.15) is 27.9 Å². The minimum atomic E-state index is -4.70. The molecule has 2 aliphatic heterocycles. The van der Waals surface area contributed by atoms with Gasteiger partial charge in [-0.3, -0.25) is 4.55 Å². The van der Waals surface area contributed by atoms with Crippen molar-refractivity contribution in [1.29, 1.82) is 0 Å². The molecule has 0 amide bonds. The van der Waals surface area contributed by atoms with E-state index in [1.807, 2.05) is 18.2 Å². The highest BCUT2D eigenvalue weighted by molar-refractivity contribution is 7.80. The Labute approximate surface area is 198 Å². The third-order valence-corrected chi connectivity index (χ3v) is 8.58. The number of likely N-dealkylation sites (tertiary alicyclic amines) is 1. The van der Waals surface area contributed by atoms with Gasteiger partial charge in [-0.25, -0.2) is 8.98 Å². The molecule has 1 fully saturated rings. The van der Waals surface area contributed by atoms with Crippen LogP contribution in [0.2, 0.25) is 0 Å². The first-order valence-corrected chi connectivity index (χ1v) is 12.7. The maximum absolute atomic E-state index is 12.8. The number of carbonyl (C=O) groups excluding carboxylic acids is 1. The maximum Gasteiger partial charge on any atom is 0.398 e. The van der Waals surface area contributed by atoms with E-state index in [4.69, 9.17) is 13.7 Å². The fraction of sp³-hybridized carbons (Fsp3) is 0.400. The lowest BCUT2D eigenvalue weighted by atomic mass is 9.53. The number of likely N-dealkylation sites (N-methyl/N-ethyl adjacent to an activating group) is 1. The van der Waals surface area contributed by atoms with E-state index < -0.39 is 34.0 Å². The molecule has 9 heteroatoms. The molecule has 2 aliphatic carbocycles. The van der Waals surface area contributed by atoms with Crippen molar-refractivity contribution < 1.29 is 35.9 Å². The van der Waals surface area contributed by atoms with E-state index in [9.17, 15) is 17.8 Å². The van der Waals surface area contributed by atoms with Crippen LogP contribution in [0.3, 0.4) is 0 Å². The van der Waals surface area contributed by atoms with Gasteiger partial charge in [0.05, 0.1) is 31.6 Å². The van der Waals surface area contributed by atoms with E-state index in [-0.39, 0.29) is 12.0 Å². The molecule has 1 N–H and O–H groups in total. The van der Waals surface area contributed by atoms with Gasteiger partial charge in [-0.05, 0) is 23.8 Å². The van der Waals surface area contributed by atoms with Gasteiger partial charge in [0.1, 0.15) is 18.2 Å². The number of quaternary nitrogens is 1. The molecule has 2 heterocycles. The monoisotopic (exact) mass is 484 g/mol. The lowest BCUT2D eigenvalue weighted by molar-refractivity contribution is -0.926. The summed E-state index contributed by atoms with van der Waals surface area (Å²) in [5, 5.41) is 0. The van der Waals surface area contributed by atoms with Gasteiger partial charge in [0.15, 0.2) is 11.5 Å². The number of ether oxygens (including phenoxy) is 2.